The largest absolute Gasteiger partial charge is 0.460 e. The van der Waals surface area contributed by atoms with Gasteiger partial charge in [0.15, 0.2) is 0 Å². The van der Waals surface area contributed by atoms with Gasteiger partial charge in [0.2, 0.25) is 11.6 Å². The molecule has 0 atom stereocenters. The molecule has 0 aliphatic rings. The van der Waals surface area contributed by atoms with Crippen molar-refractivity contribution < 1.29 is 13.9 Å². The van der Waals surface area contributed by atoms with E-state index in [0.29, 0.717) is 11.5 Å². The number of aryl methyl sites for hydroxylation is 1. The van der Waals surface area contributed by atoms with Crippen molar-refractivity contribution in [3.8, 4) is 11.7 Å². The topological polar surface area (TPSA) is 78.1 Å². The zero-order chi connectivity index (χ0) is 12.3. The molecule has 2 aromatic rings. The molecule has 0 unspecified atom stereocenters. The smallest absolute Gasteiger partial charge is 0.376 e. The molecular weight excluding hydrogens is 222 g/mol. The third-order valence-corrected chi connectivity index (χ3v) is 2.01. The fraction of sp³-hybridized carbons (Fsp3) is 0.273. The van der Waals surface area contributed by atoms with Crippen LogP contribution in [0.1, 0.15) is 23.2 Å². The molecule has 0 aromatic carbocycles. The molecule has 0 bridgehead atoms. The van der Waals surface area contributed by atoms with Crippen LogP contribution in [0.4, 0.5) is 0 Å². The minimum absolute atomic E-state index is 0.0919. The van der Waals surface area contributed by atoms with Gasteiger partial charge in [-0.05, 0) is 19.9 Å². The number of nitrogens with zero attached hydrogens (tertiary/aromatic N) is 3. The maximum absolute atomic E-state index is 11.5. The van der Waals surface area contributed by atoms with Crippen LogP contribution in [0.2, 0.25) is 0 Å². The van der Waals surface area contributed by atoms with E-state index in [9.17, 15) is 4.79 Å². The van der Waals surface area contributed by atoms with Gasteiger partial charge in [-0.15, -0.1) is 0 Å². The van der Waals surface area contributed by atoms with Gasteiger partial charge in [0, 0.05) is 12.4 Å². The zero-order valence-corrected chi connectivity index (χ0v) is 9.51. The van der Waals surface area contributed by atoms with Crippen LogP contribution in [-0.4, -0.2) is 27.5 Å². The van der Waals surface area contributed by atoms with Gasteiger partial charge in [0.25, 0.3) is 5.89 Å². The summed E-state index contributed by atoms with van der Waals surface area (Å²) in [5, 5.41) is 0. The van der Waals surface area contributed by atoms with Crippen LogP contribution in [0.5, 0.6) is 0 Å². The molecular formula is C11H11N3O3. The minimum Gasteiger partial charge on any atom is -0.460 e. The van der Waals surface area contributed by atoms with E-state index < -0.39 is 5.97 Å². The van der Waals surface area contributed by atoms with E-state index in [4.69, 9.17) is 9.15 Å². The van der Waals surface area contributed by atoms with E-state index in [0.717, 1.165) is 0 Å². The zero-order valence-electron chi connectivity index (χ0n) is 9.51. The first-order chi connectivity index (χ1) is 8.22. The molecule has 17 heavy (non-hydrogen) atoms. The summed E-state index contributed by atoms with van der Waals surface area (Å²) in [5.41, 5.74) is 0.464. The van der Waals surface area contributed by atoms with Gasteiger partial charge in [-0.3, -0.25) is 0 Å². The molecule has 88 valence electrons. The average Bonchev–Trinajstić information content (AvgIpc) is 2.73. The van der Waals surface area contributed by atoms with Crippen LogP contribution in [0.15, 0.2) is 22.9 Å². The van der Waals surface area contributed by atoms with E-state index in [1.54, 1.807) is 32.3 Å². The summed E-state index contributed by atoms with van der Waals surface area (Å²) in [6.07, 6.45) is 3.15. The van der Waals surface area contributed by atoms with Crippen molar-refractivity contribution in [1.29, 1.82) is 0 Å². The Morgan fingerprint density at radius 1 is 1.41 bits per heavy atom. The van der Waals surface area contributed by atoms with E-state index >= 15 is 0 Å². The van der Waals surface area contributed by atoms with Gasteiger partial charge in [-0.1, -0.05) is 0 Å². The van der Waals surface area contributed by atoms with Crippen molar-refractivity contribution in [3.05, 3.63) is 29.9 Å². The molecule has 2 rings (SSSR count). The summed E-state index contributed by atoms with van der Waals surface area (Å²) < 4.78 is 10.1. The van der Waals surface area contributed by atoms with Gasteiger partial charge < -0.3 is 9.15 Å². The highest BCUT2D eigenvalue weighted by atomic mass is 16.5. The number of rotatable bonds is 3. The first-order valence-electron chi connectivity index (χ1n) is 5.14. The molecule has 0 saturated heterocycles. The fourth-order valence-corrected chi connectivity index (χ4v) is 1.29. The number of oxazole rings is 1. The van der Waals surface area contributed by atoms with Crippen molar-refractivity contribution in [2.45, 2.75) is 13.8 Å². The predicted molar refractivity (Wildman–Crippen MR) is 58.2 cm³/mol. The summed E-state index contributed by atoms with van der Waals surface area (Å²) in [5.74, 6) is 0.117. The Bertz CT molecular complexity index is 522. The third-order valence-electron chi connectivity index (χ3n) is 2.01. The molecule has 0 fully saturated rings. The summed E-state index contributed by atoms with van der Waals surface area (Å²) in [7, 11) is 0. The highest BCUT2D eigenvalue weighted by molar-refractivity contribution is 5.87. The van der Waals surface area contributed by atoms with Crippen LogP contribution in [0.3, 0.4) is 0 Å². The number of hydrogen-bond donors (Lipinski definition) is 0. The van der Waals surface area contributed by atoms with Crippen LogP contribution < -0.4 is 0 Å². The molecule has 0 saturated carbocycles. The van der Waals surface area contributed by atoms with Crippen LogP contribution in [0, 0.1) is 6.92 Å². The lowest BCUT2D eigenvalue weighted by molar-refractivity contribution is 0.0490. The van der Waals surface area contributed by atoms with Crippen LogP contribution in [-0.2, 0) is 4.74 Å². The van der Waals surface area contributed by atoms with Crippen molar-refractivity contribution in [3.63, 3.8) is 0 Å². The second-order valence-electron chi connectivity index (χ2n) is 3.23. The second kappa shape index (κ2) is 4.73. The predicted octanol–water partition coefficient (Wildman–Crippen LogP) is 1.62. The minimum atomic E-state index is -0.528. The highest BCUT2D eigenvalue weighted by Gasteiger charge is 2.20. The van der Waals surface area contributed by atoms with Gasteiger partial charge in [-0.25, -0.2) is 19.7 Å². The number of aromatic nitrogens is 3. The third kappa shape index (κ3) is 2.30. The molecule has 0 amide bonds. The maximum atomic E-state index is 11.5. The lowest BCUT2D eigenvalue weighted by Gasteiger charge is -1.97. The van der Waals surface area contributed by atoms with Crippen molar-refractivity contribution in [2.24, 2.45) is 0 Å². The number of hydrogen-bond acceptors (Lipinski definition) is 6. The number of carbonyl (C=O) groups excluding carboxylic acids is 1. The van der Waals surface area contributed by atoms with Crippen molar-refractivity contribution in [2.75, 3.05) is 6.61 Å². The van der Waals surface area contributed by atoms with Gasteiger partial charge in [0.05, 0.1) is 12.3 Å². The normalized spacial score (nSPS) is 10.2. The van der Waals surface area contributed by atoms with Crippen LogP contribution in [0.25, 0.3) is 11.7 Å². The number of carbonyl (C=O) groups is 1. The first-order valence-corrected chi connectivity index (χ1v) is 5.14. The highest BCUT2D eigenvalue weighted by Crippen LogP contribution is 2.18. The van der Waals surface area contributed by atoms with E-state index in [2.05, 4.69) is 15.0 Å². The van der Waals surface area contributed by atoms with Gasteiger partial charge in [0.1, 0.15) is 0 Å². The Morgan fingerprint density at radius 3 is 2.76 bits per heavy atom. The summed E-state index contributed by atoms with van der Waals surface area (Å²) in [4.78, 5) is 23.6. The molecule has 0 aliphatic carbocycles. The second-order valence-corrected chi connectivity index (χ2v) is 3.23. The summed E-state index contributed by atoms with van der Waals surface area (Å²) in [6, 6.07) is 1.69. The van der Waals surface area contributed by atoms with Gasteiger partial charge >= 0.3 is 5.97 Å². The van der Waals surface area contributed by atoms with Gasteiger partial charge in [-0.2, -0.15) is 0 Å². The maximum Gasteiger partial charge on any atom is 0.376 e. The molecule has 6 nitrogen and oxygen atoms in total. The molecule has 0 radical (unpaired) electrons. The monoisotopic (exact) mass is 233 g/mol. The van der Waals surface area contributed by atoms with Crippen LogP contribution >= 0.6 is 0 Å². The number of esters is 1. The Kier molecular flexibility index (Phi) is 3.13. The molecule has 0 spiro atoms. The molecule has 0 aliphatic heterocycles. The van der Waals surface area contributed by atoms with E-state index in [1.807, 2.05) is 0 Å². The molecule has 6 heteroatoms. The molecule has 2 heterocycles. The summed E-state index contributed by atoms with van der Waals surface area (Å²) >= 11 is 0. The Hall–Kier alpha value is -2.24. The van der Waals surface area contributed by atoms with Crippen molar-refractivity contribution >= 4 is 5.97 Å². The Labute approximate surface area is 97.7 Å². The lowest BCUT2D eigenvalue weighted by atomic mass is 10.4. The first kappa shape index (κ1) is 11.3. The lowest BCUT2D eigenvalue weighted by Crippen LogP contribution is -2.04. The standard InChI is InChI=1S/C11H11N3O3/c1-3-16-11(15)8-7(2)14-10(17-8)9-12-5-4-6-13-9/h4-6H,3H2,1-2H3. The molecule has 0 N–H and O–H groups in total. The van der Waals surface area contributed by atoms with E-state index in [1.165, 1.54) is 0 Å². The van der Waals surface area contributed by atoms with E-state index in [-0.39, 0.29) is 18.3 Å². The fourth-order valence-electron chi connectivity index (χ4n) is 1.29. The Balaban J connectivity index is 2.34. The number of ether oxygens (including phenoxy) is 1. The SMILES string of the molecule is CCOC(=O)c1oc(-c2ncccn2)nc1C. The Morgan fingerprint density at radius 2 is 2.12 bits per heavy atom. The summed E-state index contributed by atoms with van der Waals surface area (Å²) in [6.45, 7) is 3.68. The molecule has 2 aromatic heterocycles. The van der Waals surface area contributed by atoms with Crippen molar-refractivity contribution in [1.82, 2.24) is 15.0 Å². The average molecular weight is 233 g/mol. The quantitative estimate of drug-likeness (QED) is 0.749.